The van der Waals surface area contributed by atoms with Crippen LogP contribution in [0.2, 0.25) is 0 Å². The fourth-order valence-corrected chi connectivity index (χ4v) is 9.64. The molecule has 10 amide bonds. The first-order chi connectivity index (χ1) is 35.9. The maximum atomic E-state index is 14.5. The van der Waals surface area contributed by atoms with Crippen LogP contribution < -0.4 is 43.2 Å². The summed E-state index contributed by atoms with van der Waals surface area (Å²) in [4.78, 5) is 140. The monoisotopic (exact) mass is 1070 g/mol. The molecule has 2 fully saturated rings. The molecular formula is C55H91N11O10. The first kappa shape index (κ1) is 64.2. The van der Waals surface area contributed by atoms with E-state index in [1.807, 2.05) is 85.7 Å². The van der Waals surface area contributed by atoms with Gasteiger partial charge in [-0.3, -0.25) is 58.8 Å². The number of benzene rings is 1. The van der Waals surface area contributed by atoms with Crippen molar-refractivity contribution in [2.24, 2.45) is 35.3 Å². The number of piperidine rings is 1. The van der Waals surface area contributed by atoms with E-state index in [0.717, 1.165) is 5.56 Å². The molecule has 2 aliphatic heterocycles. The molecule has 2 heterocycles. The van der Waals surface area contributed by atoms with Gasteiger partial charge in [-0.1, -0.05) is 85.7 Å². The SMILES string of the molecule is CC(=O)N1CCC(C(=O)NNC(=O)[C@H](CC(C)C)NC(=O)[C@@H](CC(C)C)NC(=O)[C@H](CC(C)C)NC(=O)[C@H](CCc2ccccc2)NC(=O)CN(CCCCN)C(=O)[C@H](CC(C)C)NC(=O)[C@@H]2CCCN2C(C)=O)CC1. The predicted molar refractivity (Wildman–Crippen MR) is 289 cm³/mol. The lowest BCUT2D eigenvalue weighted by atomic mass is 9.96. The van der Waals surface area contributed by atoms with Crippen molar-refractivity contribution in [3.05, 3.63) is 35.9 Å². The highest BCUT2D eigenvalue weighted by Gasteiger charge is 2.37. The van der Waals surface area contributed by atoms with Gasteiger partial charge in [0.25, 0.3) is 5.91 Å². The van der Waals surface area contributed by atoms with Crippen LogP contribution in [0, 0.1) is 29.6 Å². The van der Waals surface area contributed by atoms with Crippen LogP contribution >= 0.6 is 0 Å². The van der Waals surface area contributed by atoms with E-state index in [9.17, 15) is 47.9 Å². The van der Waals surface area contributed by atoms with Crippen LogP contribution in [-0.2, 0) is 54.4 Å². The summed E-state index contributed by atoms with van der Waals surface area (Å²) in [6, 6.07) is 3.09. The van der Waals surface area contributed by atoms with Crippen molar-refractivity contribution in [1.82, 2.24) is 52.1 Å². The second-order valence-electron chi connectivity index (χ2n) is 22.3. The van der Waals surface area contributed by atoms with Gasteiger partial charge in [-0.15, -0.1) is 0 Å². The average Bonchev–Trinajstić information content (AvgIpc) is 3.86. The summed E-state index contributed by atoms with van der Waals surface area (Å²) in [5, 5.41) is 14.2. The molecule has 1 aromatic rings. The summed E-state index contributed by atoms with van der Waals surface area (Å²) < 4.78 is 0. The summed E-state index contributed by atoms with van der Waals surface area (Å²) in [7, 11) is 0. The maximum Gasteiger partial charge on any atom is 0.260 e. The minimum atomic E-state index is -1.18. The predicted octanol–water partition coefficient (Wildman–Crippen LogP) is 2.21. The van der Waals surface area contributed by atoms with Gasteiger partial charge in [0.1, 0.15) is 36.3 Å². The third-order valence-electron chi connectivity index (χ3n) is 13.7. The number of hydrogen-bond acceptors (Lipinski definition) is 11. The van der Waals surface area contributed by atoms with Gasteiger partial charge in [-0.2, -0.15) is 0 Å². The van der Waals surface area contributed by atoms with Gasteiger partial charge in [0.15, 0.2) is 0 Å². The van der Waals surface area contributed by atoms with Crippen molar-refractivity contribution in [2.45, 2.75) is 183 Å². The Kier molecular flexibility index (Phi) is 27.4. The Morgan fingerprint density at radius 1 is 0.579 bits per heavy atom. The minimum absolute atomic E-state index is 0.0251. The van der Waals surface area contributed by atoms with Crippen molar-refractivity contribution in [2.75, 3.05) is 39.3 Å². The summed E-state index contributed by atoms with van der Waals surface area (Å²) in [6.07, 6.45) is 4.34. The third-order valence-corrected chi connectivity index (χ3v) is 13.7. The fraction of sp³-hybridized carbons (Fsp3) is 0.709. The number of hydrogen-bond donors (Lipinski definition) is 8. The van der Waals surface area contributed by atoms with E-state index in [1.54, 1.807) is 4.90 Å². The zero-order chi connectivity index (χ0) is 56.6. The zero-order valence-electron chi connectivity index (χ0n) is 47.0. The van der Waals surface area contributed by atoms with E-state index in [4.69, 9.17) is 5.73 Å². The zero-order valence-corrected chi connectivity index (χ0v) is 47.0. The van der Waals surface area contributed by atoms with Gasteiger partial charge in [0.2, 0.25) is 53.2 Å². The highest BCUT2D eigenvalue weighted by Crippen LogP contribution is 2.20. The molecule has 21 heteroatoms. The van der Waals surface area contributed by atoms with E-state index < -0.39 is 96.0 Å². The van der Waals surface area contributed by atoms with E-state index in [1.165, 1.54) is 23.6 Å². The molecule has 0 bridgehead atoms. The Morgan fingerprint density at radius 3 is 1.59 bits per heavy atom. The maximum absolute atomic E-state index is 14.5. The van der Waals surface area contributed by atoms with Gasteiger partial charge in [0, 0.05) is 45.9 Å². The molecule has 6 atom stereocenters. The molecular weight excluding hydrogens is 975 g/mol. The lowest BCUT2D eigenvalue weighted by Gasteiger charge is -2.31. The van der Waals surface area contributed by atoms with Crippen LogP contribution in [0.4, 0.5) is 0 Å². The number of aryl methyl sites for hydroxylation is 1. The highest BCUT2D eigenvalue weighted by molar-refractivity contribution is 5.97. The van der Waals surface area contributed by atoms with Crippen molar-refractivity contribution >= 4 is 59.1 Å². The van der Waals surface area contributed by atoms with E-state index in [2.05, 4.69) is 37.4 Å². The molecule has 2 saturated heterocycles. The molecule has 3 rings (SSSR count). The Labute approximate surface area is 450 Å². The standard InChI is InChI=1S/C55H91N11O10/c1-34(2)29-43(51(72)59-44(30-35(3)4)52(73)60-45(31-36(5)6)53(74)63-62-49(70)41-22-27-64(28-23-41)38(9)67)58-50(71)42(21-20-40-17-12-11-13-18-40)57-48(69)33-65(25-15-14-24-56)55(76)46(32-37(7)8)61-54(75)47-19-16-26-66(47)39(10)68/h11-13,17-18,34-37,41-47H,14-16,19-33,56H2,1-10H3,(H,57,69)(H,58,71)(H,59,72)(H,60,73)(H,61,75)(H,62,70)(H,63,74)/t42-,43-,44+,45-,46-,47-/m0/s1. The van der Waals surface area contributed by atoms with Crippen LogP contribution in [0.3, 0.4) is 0 Å². The molecule has 0 unspecified atom stereocenters. The van der Waals surface area contributed by atoms with Gasteiger partial charge in [0.05, 0.1) is 6.54 Å². The number of unbranched alkanes of at least 4 members (excludes halogenated alkanes) is 1. The quantitative estimate of drug-likeness (QED) is 0.0425. The molecule has 1 aromatic carbocycles. The van der Waals surface area contributed by atoms with Gasteiger partial charge in [-0.05, 0) is 113 Å². The van der Waals surface area contributed by atoms with Gasteiger partial charge >= 0.3 is 0 Å². The van der Waals surface area contributed by atoms with Crippen LogP contribution in [-0.4, -0.2) is 149 Å². The van der Waals surface area contributed by atoms with Crippen molar-refractivity contribution in [1.29, 1.82) is 0 Å². The molecule has 0 radical (unpaired) electrons. The number of carbonyl (C=O) groups excluding carboxylic acids is 10. The van der Waals surface area contributed by atoms with Gasteiger partial charge < -0.3 is 47.0 Å². The number of carbonyl (C=O) groups is 10. The second-order valence-corrected chi connectivity index (χ2v) is 22.3. The highest BCUT2D eigenvalue weighted by atomic mass is 16.2. The van der Waals surface area contributed by atoms with Crippen LogP contribution in [0.1, 0.15) is 145 Å². The van der Waals surface area contributed by atoms with Crippen LogP contribution in [0.25, 0.3) is 0 Å². The number of hydrazine groups is 1. The molecule has 426 valence electrons. The largest absolute Gasteiger partial charge is 0.343 e. The first-order valence-electron chi connectivity index (χ1n) is 27.6. The summed E-state index contributed by atoms with van der Waals surface area (Å²) >= 11 is 0. The lowest BCUT2D eigenvalue weighted by Crippen LogP contribution is -2.60. The van der Waals surface area contributed by atoms with Crippen molar-refractivity contribution in [3.8, 4) is 0 Å². The van der Waals surface area contributed by atoms with E-state index in [0.29, 0.717) is 71.1 Å². The van der Waals surface area contributed by atoms with E-state index in [-0.39, 0.29) is 74.1 Å². The van der Waals surface area contributed by atoms with Crippen LogP contribution in [0.5, 0.6) is 0 Å². The number of rotatable bonds is 29. The Balaban J connectivity index is 1.84. The Hall–Kier alpha value is -6.12. The summed E-state index contributed by atoms with van der Waals surface area (Å²) in [5.41, 5.74) is 11.7. The lowest BCUT2D eigenvalue weighted by molar-refractivity contribution is -0.142. The molecule has 0 aromatic heterocycles. The van der Waals surface area contributed by atoms with E-state index >= 15 is 0 Å². The first-order valence-corrected chi connectivity index (χ1v) is 27.6. The molecule has 2 aliphatic rings. The number of amides is 10. The Morgan fingerprint density at radius 2 is 1.09 bits per heavy atom. The molecule has 0 spiro atoms. The smallest absolute Gasteiger partial charge is 0.260 e. The summed E-state index contributed by atoms with van der Waals surface area (Å²) in [6.45, 7) is 19.3. The third kappa shape index (κ3) is 22.2. The number of likely N-dealkylation sites (tertiary alicyclic amines) is 2. The minimum Gasteiger partial charge on any atom is -0.343 e. The topological polar surface area (TPSA) is 291 Å². The van der Waals surface area contributed by atoms with Crippen LogP contribution in [0.15, 0.2) is 30.3 Å². The molecule has 76 heavy (non-hydrogen) atoms. The van der Waals surface area contributed by atoms with Gasteiger partial charge in [-0.25, -0.2) is 0 Å². The number of nitrogens with one attached hydrogen (secondary N) is 7. The molecule has 0 aliphatic carbocycles. The van der Waals surface area contributed by atoms with Crippen molar-refractivity contribution < 1.29 is 47.9 Å². The van der Waals surface area contributed by atoms with Crippen molar-refractivity contribution in [3.63, 3.8) is 0 Å². The second kappa shape index (κ2) is 32.5. The number of nitrogens with two attached hydrogens (primary N) is 1. The fourth-order valence-electron chi connectivity index (χ4n) is 9.64. The Bertz CT molecular complexity index is 2100. The normalized spacial score (nSPS) is 16.8. The number of nitrogens with zero attached hydrogens (tertiary/aromatic N) is 3. The molecule has 21 nitrogen and oxygen atoms in total. The molecule has 0 saturated carbocycles. The molecule has 9 N–H and O–H groups in total. The summed E-state index contributed by atoms with van der Waals surface area (Å²) in [5.74, 6) is -5.56. The average molecular weight is 1070 g/mol.